The zero-order valence-corrected chi connectivity index (χ0v) is 13.2. The van der Waals surface area contributed by atoms with Crippen LogP contribution in [0.3, 0.4) is 0 Å². The number of urea groups is 1. The molecule has 0 aromatic carbocycles. The van der Waals surface area contributed by atoms with E-state index in [1.807, 2.05) is 0 Å². The average Bonchev–Trinajstić information content (AvgIpc) is 2.49. The Morgan fingerprint density at radius 3 is 2.61 bits per heavy atom. The molecule has 3 rings (SSSR count). The van der Waals surface area contributed by atoms with Crippen molar-refractivity contribution >= 4 is 21.9 Å². The van der Waals surface area contributed by atoms with Gasteiger partial charge >= 0.3 is 6.03 Å². The van der Waals surface area contributed by atoms with Crippen LogP contribution in [0.2, 0.25) is 0 Å². The number of amides is 2. The Bertz CT molecular complexity index is 669. The Labute approximate surface area is 133 Å². The van der Waals surface area contributed by atoms with Crippen LogP contribution in [0, 0.1) is 5.82 Å². The number of piperazine rings is 1. The fraction of sp³-hybridized carbons (Fsp3) is 0.538. The Morgan fingerprint density at radius 1 is 1.30 bits per heavy atom. The predicted molar refractivity (Wildman–Crippen MR) is 81.9 cm³/mol. The Morgan fingerprint density at radius 2 is 2.00 bits per heavy atom. The molecule has 126 valence electrons. The number of halogens is 1. The first-order valence-electron chi connectivity index (χ1n) is 7.34. The number of carbonyl (C=O) groups is 1. The molecule has 0 bridgehead atoms. The van der Waals surface area contributed by atoms with Crippen LogP contribution in [0.25, 0.3) is 0 Å². The number of carbonyl (C=O) groups excluding carboxylic acids is 1. The molecule has 8 nitrogen and oxygen atoms in total. The van der Waals surface area contributed by atoms with Gasteiger partial charge in [-0.1, -0.05) is 0 Å². The van der Waals surface area contributed by atoms with Crippen molar-refractivity contribution < 1.29 is 17.6 Å². The lowest BCUT2D eigenvalue weighted by molar-refractivity contribution is 0.180. The number of anilines is 1. The number of nitrogens with one attached hydrogen (secondary N) is 2. The zero-order valence-electron chi connectivity index (χ0n) is 12.4. The lowest BCUT2D eigenvalue weighted by Gasteiger charge is -2.41. The van der Waals surface area contributed by atoms with E-state index in [0.717, 1.165) is 6.20 Å². The predicted octanol–water partition coefficient (Wildman–Crippen LogP) is -0.328. The van der Waals surface area contributed by atoms with Gasteiger partial charge in [-0.15, -0.1) is 0 Å². The van der Waals surface area contributed by atoms with Crippen molar-refractivity contribution in [3.8, 4) is 0 Å². The highest BCUT2D eigenvalue weighted by Gasteiger charge is 2.43. The van der Waals surface area contributed by atoms with Crippen LogP contribution < -0.4 is 10.6 Å². The smallest absolute Gasteiger partial charge is 0.322 e. The second-order valence-corrected chi connectivity index (χ2v) is 7.73. The van der Waals surface area contributed by atoms with E-state index < -0.39 is 27.1 Å². The van der Waals surface area contributed by atoms with Crippen molar-refractivity contribution in [2.24, 2.45) is 0 Å². The molecule has 1 aromatic heterocycles. The van der Waals surface area contributed by atoms with Gasteiger partial charge in [0.05, 0.1) is 6.20 Å². The summed E-state index contributed by atoms with van der Waals surface area (Å²) in [6.07, 6.45) is 1.00. The third kappa shape index (κ3) is 3.43. The summed E-state index contributed by atoms with van der Waals surface area (Å²) in [6.45, 7) is 2.52. The first-order chi connectivity index (χ1) is 11.0. The first-order valence-corrected chi connectivity index (χ1v) is 8.84. The van der Waals surface area contributed by atoms with Crippen LogP contribution in [0.15, 0.2) is 18.3 Å². The molecular weight excluding hydrogens is 325 g/mol. The maximum Gasteiger partial charge on any atom is 0.323 e. The molecule has 0 aliphatic carbocycles. The summed E-state index contributed by atoms with van der Waals surface area (Å²) in [5.74, 6) is -0.265. The molecule has 2 aliphatic rings. The highest BCUT2D eigenvalue weighted by molar-refractivity contribution is 7.89. The number of hydrogen-bond donors (Lipinski definition) is 2. The van der Waals surface area contributed by atoms with Crippen LogP contribution >= 0.6 is 0 Å². The molecule has 10 heteroatoms. The third-order valence-electron chi connectivity index (χ3n) is 3.95. The fourth-order valence-corrected chi connectivity index (χ4v) is 4.39. The van der Waals surface area contributed by atoms with Crippen molar-refractivity contribution in [2.45, 2.75) is 5.25 Å². The van der Waals surface area contributed by atoms with E-state index in [4.69, 9.17) is 0 Å². The van der Waals surface area contributed by atoms with E-state index in [2.05, 4.69) is 15.6 Å². The minimum Gasteiger partial charge on any atom is -0.322 e. The third-order valence-corrected chi connectivity index (χ3v) is 6.18. The molecule has 3 heterocycles. The number of rotatable bonds is 3. The molecule has 2 N–H and O–H groups in total. The number of likely N-dealkylation sites (tertiary alicyclic amines) is 1. The van der Waals surface area contributed by atoms with Crippen molar-refractivity contribution in [1.29, 1.82) is 0 Å². The maximum absolute atomic E-state index is 12.8. The largest absolute Gasteiger partial charge is 0.323 e. The van der Waals surface area contributed by atoms with Crippen LogP contribution in [0.1, 0.15) is 0 Å². The molecule has 0 unspecified atom stereocenters. The number of sulfonamides is 1. The van der Waals surface area contributed by atoms with E-state index in [1.165, 1.54) is 21.3 Å². The van der Waals surface area contributed by atoms with Gasteiger partial charge in [-0.3, -0.25) is 5.32 Å². The lowest BCUT2D eigenvalue weighted by Crippen LogP contribution is -2.62. The van der Waals surface area contributed by atoms with Gasteiger partial charge in [-0.05, 0) is 12.1 Å². The van der Waals surface area contributed by atoms with Crippen LogP contribution in [-0.4, -0.2) is 73.2 Å². The number of aromatic nitrogens is 1. The van der Waals surface area contributed by atoms with E-state index in [0.29, 0.717) is 26.2 Å². The molecule has 2 fully saturated rings. The summed E-state index contributed by atoms with van der Waals surface area (Å²) in [6, 6.07) is 2.11. The Hall–Kier alpha value is -1.78. The molecule has 0 spiro atoms. The summed E-state index contributed by atoms with van der Waals surface area (Å²) < 4.78 is 39.1. The van der Waals surface area contributed by atoms with Crippen molar-refractivity contribution in [3.63, 3.8) is 0 Å². The van der Waals surface area contributed by atoms with Crippen LogP contribution in [-0.2, 0) is 10.0 Å². The van der Waals surface area contributed by atoms with E-state index in [-0.39, 0.29) is 18.9 Å². The number of nitrogens with zero attached hydrogens (tertiary/aromatic N) is 3. The quantitative estimate of drug-likeness (QED) is 0.784. The Kier molecular flexibility index (Phi) is 4.46. The average molecular weight is 343 g/mol. The molecule has 2 aliphatic heterocycles. The van der Waals surface area contributed by atoms with Crippen molar-refractivity contribution in [3.05, 3.63) is 24.1 Å². The highest BCUT2D eigenvalue weighted by atomic mass is 32.2. The summed E-state index contributed by atoms with van der Waals surface area (Å²) in [4.78, 5) is 17.1. The van der Waals surface area contributed by atoms with Crippen LogP contribution in [0.4, 0.5) is 15.0 Å². The normalized spacial score (nSPS) is 20.1. The minimum absolute atomic E-state index is 0.152. The highest BCUT2D eigenvalue weighted by Crippen LogP contribution is 2.21. The van der Waals surface area contributed by atoms with Gasteiger partial charge in [-0.25, -0.2) is 22.6 Å². The van der Waals surface area contributed by atoms with Crippen LogP contribution in [0.5, 0.6) is 0 Å². The van der Waals surface area contributed by atoms with Gasteiger partial charge < -0.3 is 10.2 Å². The fourth-order valence-electron chi connectivity index (χ4n) is 2.54. The lowest BCUT2D eigenvalue weighted by atomic mass is 10.2. The molecule has 0 radical (unpaired) electrons. The second-order valence-electron chi connectivity index (χ2n) is 5.51. The van der Waals surface area contributed by atoms with Gasteiger partial charge in [0.25, 0.3) is 0 Å². The molecule has 0 saturated carbocycles. The van der Waals surface area contributed by atoms with Gasteiger partial charge in [0.15, 0.2) is 0 Å². The van der Waals surface area contributed by atoms with E-state index >= 15 is 0 Å². The SMILES string of the molecule is O=C(Nc1ccc(F)cn1)N1CC(S(=O)(=O)N2CCNCC2)C1. The second kappa shape index (κ2) is 6.38. The van der Waals surface area contributed by atoms with Gasteiger partial charge in [0.2, 0.25) is 10.0 Å². The number of hydrogen-bond acceptors (Lipinski definition) is 5. The Balaban J connectivity index is 1.53. The monoisotopic (exact) mass is 343 g/mol. The summed E-state index contributed by atoms with van der Waals surface area (Å²) in [7, 11) is -3.36. The van der Waals surface area contributed by atoms with E-state index in [1.54, 1.807) is 0 Å². The molecule has 2 amide bonds. The molecule has 0 atom stereocenters. The standard InChI is InChI=1S/C13H18FN5O3S/c14-10-1-2-12(16-7-10)17-13(20)18-8-11(9-18)23(21,22)19-5-3-15-4-6-19/h1-2,7,11,15H,3-6,8-9H2,(H,16,17,20). The van der Waals surface area contributed by atoms with Gasteiger partial charge in [0.1, 0.15) is 16.9 Å². The summed E-state index contributed by atoms with van der Waals surface area (Å²) in [5.41, 5.74) is 0. The topological polar surface area (TPSA) is 94.6 Å². The van der Waals surface area contributed by atoms with Crippen molar-refractivity contribution in [2.75, 3.05) is 44.6 Å². The minimum atomic E-state index is -3.36. The molecular formula is C13H18FN5O3S. The zero-order chi connectivity index (χ0) is 16.4. The van der Waals surface area contributed by atoms with Crippen molar-refractivity contribution in [1.82, 2.24) is 19.5 Å². The molecule has 23 heavy (non-hydrogen) atoms. The van der Waals surface area contributed by atoms with Gasteiger partial charge in [-0.2, -0.15) is 4.31 Å². The summed E-state index contributed by atoms with van der Waals surface area (Å²) in [5, 5.41) is 5.06. The first kappa shape index (κ1) is 16.1. The molecule has 1 aromatic rings. The van der Waals surface area contributed by atoms with E-state index in [9.17, 15) is 17.6 Å². The van der Waals surface area contributed by atoms with Gasteiger partial charge in [0, 0.05) is 39.3 Å². The number of pyridine rings is 1. The summed E-state index contributed by atoms with van der Waals surface area (Å²) >= 11 is 0. The maximum atomic E-state index is 12.8. The molecule has 2 saturated heterocycles.